The van der Waals surface area contributed by atoms with E-state index in [2.05, 4.69) is 10.3 Å². The van der Waals surface area contributed by atoms with Crippen molar-refractivity contribution < 1.29 is 28.2 Å². The number of benzene rings is 4. The highest BCUT2D eigenvalue weighted by molar-refractivity contribution is 6.18. The maximum absolute atomic E-state index is 15.4. The molecular weight excluding hydrogens is 554 g/mol. The molecule has 0 saturated heterocycles. The quantitative estimate of drug-likeness (QED) is 0.216. The highest BCUT2D eigenvalue weighted by Crippen LogP contribution is 2.38. The summed E-state index contributed by atoms with van der Waals surface area (Å²) >= 11 is 0. The van der Waals surface area contributed by atoms with Crippen LogP contribution in [0.5, 0.6) is 11.5 Å². The van der Waals surface area contributed by atoms with Gasteiger partial charge in [-0.1, -0.05) is 36.4 Å². The zero-order valence-corrected chi connectivity index (χ0v) is 23.1. The Bertz CT molecular complexity index is 1930. The minimum absolute atomic E-state index is 0.0173. The van der Waals surface area contributed by atoms with Crippen molar-refractivity contribution in [2.75, 3.05) is 19.5 Å². The Morgan fingerprint density at radius 1 is 0.860 bits per heavy atom. The van der Waals surface area contributed by atoms with Gasteiger partial charge in [-0.3, -0.25) is 4.99 Å². The van der Waals surface area contributed by atoms with Gasteiger partial charge in [-0.05, 0) is 42.0 Å². The van der Waals surface area contributed by atoms with Gasteiger partial charge in [0, 0.05) is 40.2 Å². The SMILES string of the molecule is COc1cc(Nc2ncc3c(n2)-c2ccc(-c4ccccc4F)cc2C(c2c(F)cccc2OC)=NC3)ccc1C(=O)O. The summed E-state index contributed by atoms with van der Waals surface area (Å²) in [6.07, 6.45) is 1.63. The first kappa shape index (κ1) is 27.5. The Kier molecular flexibility index (Phi) is 7.25. The van der Waals surface area contributed by atoms with Crippen molar-refractivity contribution in [3.8, 4) is 33.9 Å². The Balaban J connectivity index is 1.50. The smallest absolute Gasteiger partial charge is 0.339 e. The largest absolute Gasteiger partial charge is 0.496 e. The number of aromatic carboxylic acids is 1. The molecule has 2 heterocycles. The van der Waals surface area contributed by atoms with E-state index in [0.29, 0.717) is 50.7 Å². The Morgan fingerprint density at radius 2 is 1.65 bits per heavy atom. The van der Waals surface area contributed by atoms with E-state index in [0.717, 1.165) is 0 Å². The fourth-order valence-electron chi connectivity index (χ4n) is 5.07. The highest BCUT2D eigenvalue weighted by Gasteiger charge is 2.26. The number of aliphatic imine (C=N–C) groups is 1. The number of carboxylic acid groups (broad SMARTS) is 1. The van der Waals surface area contributed by atoms with Crippen LogP contribution >= 0.6 is 0 Å². The van der Waals surface area contributed by atoms with Crippen molar-refractivity contribution >= 4 is 23.3 Å². The summed E-state index contributed by atoms with van der Waals surface area (Å²) in [4.78, 5) is 25.5. The number of carbonyl (C=O) groups is 1. The van der Waals surface area contributed by atoms with Gasteiger partial charge in [-0.15, -0.1) is 0 Å². The summed E-state index contributed by atoms with van der Waals surface area (Å²) in [5.74, 6) is -1.30. The van der Waals surface area contributed by atoms with Gasteiger partial charge in [0.2, 0.25) is 5.95 Å². The topological polar surface area (TPSA) is 106 Å². The lowest BCUT2D eigenvalue weighted by atomic mass is 9.91. The van der Waals surface area contributed by atoms with Crippen molar-refractivity contribution in [1.82, 2.24) is 9.97 Å². The lowest BCUT2D eigenvalue weighted by molar-refractivity contribution is 0.0693. The Hall–Kier alpha value is -5.64. The van der Waals surface area contributed by atoms with Crippen molar-refractivity contribution in [1.29, 1.82) is 0 Å². The van der Waals surface area contributed by atoms with Crippen molar-refractivity contribution in [3.05, 3.63) is 119 Å². The minimum atomic E-state index is -1.11. The first-order chi connectivity index (χ1) is 20.9. The molecule has 0 fully saturated rings. The highest BCUT2D eigenvalue weighted by atomic mass is 19.1. The van der Waals surface area contributed by atoms with E-state index < -0.39 is 17.6 Å². The number of methoxy groups -OCH3 is 2. The van der Waals surface area contributed by atoms with E-state index >= 15 is 4.39 Å². The number of hydrogen-bond donors (Lipinski definition) is 2. The van der Waals surface area contributed by atoms with E-state index in [1.807, 2.05) is 6.07 Å². The molecule has 0 unspecified atom stereocenters. The van der Waals surface area contributed by atoms with Crippen LogP contribution in [0.15, 0.2) is 90.1 Å². The van der Waals surface area contributed by atoms with E-state index in [1.165, 1.54) is 32.4 Å². The summed E-state index contributed by atoms with van der Waals surface area (Å²) in [5, 5.41) is 12.5. The molecule has 0 spiro atoms. The van der Waals surface area contributed by atoms with Crippen molar-refractivity contribution in [3.63, 3.8) is 0 Å². The van der Waals surface area contributed by atoms with Gasteiger partial charge < -0.3 is 19.9 Å². The van der Waals surface area contributed by atoms with Crippen LogP contribution in [0.2, 0.25) is 0 Å². The summed E-state index contributed by atoms with van der Waals surface area (Å²) < 4.78 is 41.0. The van der Waals surface area contributed by atoms with Gasteiger partial charge in [-0.2, -0.15) is 0 Å². The van der Waals surface area contributed by atoms with E-state index in [1.54, 1.807) is 60.8 Å². The molecule has 0 amide bonds. The Labute approximate surface area is 245 Å². The number of ether oxygens (including phenoxy) is 2. The summed E-state index contributed by atoms with van der Waals surface area (Å²) in [7, 11) is 2.85. The number of nitrogens with one attached hydrogen (secondary N) is 1. The first-order valence-electron chi connectivity index (χ1n) is 13.2. The van der Waals surface area contributed by atoms with Crippen LogP contribution in [-0.4, -0.2) is 41.0 Å². The number of nitrogens with zero attached hydrogens (tertiary/aromatic N) is 3. The molecule has 1 aromatic heterocycles. The third-order valence-electron chi connectivity index (χ3n) is 7.11. The van der Waals surface area contributed by atoms with Crippen LogP contribution in [0.3, 0.4) is 0 Å². The monoisotopic (exact) mass is 578 g/mol. The second-order valence-electron chi connectivity index (χ2n) is 9.63. The molecule has 43 heavy (non-hydrogen) atoms. The number of carboxylic acids is 1. The molecule has 4 aromatic carbocycles. The predicted octanol–water partition coefficient (Wildman–Crippen LogP) is 6.90. The molecule has 1 aliphatic rings. The van der Waals surface area contributed by atoms with Gasteiger partial charge in [0.1, 0.15) is 28.7 Å². The summed E-state index contributed by atoms with van der Waals surface area (Å²) in [5.41, 5.74) is 4.44. The zero-order valence-electron chi connectivity index (χ0n) is 23.1. The van der Waals surface area contributed by atoms with Gasteiger partial charge in [-0.25, -0.2) is 23.5 Å². The maximum atomic E-state index is 15.4. The number of hydrogen-bond acceptors (Lipinski definition) is 7. The zero-order chi connectivity index (χ0) is 30.1. The molecule has 0 bridgehead atoms. The molecular formula is C33H24F2N4O4. The second-order valence-corrected chi connectivity index (χ2v) is 9.63. The third-order valence-corrected chi connectivity index (χ3v) is 7.11. The second kappa shape index (κ2) is 11.3. The minimum Gasteiger partial charge on any atom is -0.496 e. The van der Waals surface area contributed by atoms with Crippen LogP contribution in [0.25, 0.3) is 22.4 Å². The van der Waals surface area contributed by atoms with Crippen LogP contribution in [0.4, 0.5) is 20.4 Å². The molecule has 8 nitrogen and oxygen atoms in total. The van der Waals surface area contributed by atoms with E-state index in [4.69, 9.17) is 19.5 Å². The molecule has 2 N–H and O–H groups in total. The number of rotatable bonds is 7. The van der Waals surface area contributed by atoms with Crippen LogP contribution < -0.4 is 14.8 Å². The van der Waals surface area contributed by atoms with E-state index in [9.17, 15) is 14.3 Å². The third kappa shape index (κ3) is 5.14. The van der Waals surface area contributed by atoms with Gasteiger partial charge in [0.05, 0.1) is 37.7 Å². The average molecular weight is 579 g/mol. The summed E-state index contributed by atoms with van der Waals surface area (Å²) in [6, 6.07) is 20.9. The van der Waals surface area contributed by atoms with Crippen molar-refractivity contribution in [2.24, 2.45) is 4.99 Å². The molecule has 0 radical (unpaired) electrons. The molecule has 6 rings (SSSR count). The average Bonchev–Trinajstić information content (AvgIpc) is 3.17. The lowest BCUT2D eigenvalue weighted by Crippen LogP contribution is -2.10. The van der Waals surface area contributed by atoms with Crippen LogP contribution in [0, 0.1) is 11.6 Å². The molecule has 0 saturated carbocycles. The van der Waals surface area contributed by atoms with Crippen LogP contribution in [0.1, 0.15) is 27.0 Å². The fraction of sp³-hybridized carbons (Fsp3) is 0.0909. The molecule has 10 heteroatoms. The molecule has 5 aromatic rings. The normalized spacial score (nSPS) is 12.0. The fourth-order valence-corrected chi connectivity index (χ4v) is 5.07. The molecule has 1 aliphatic heterocycles. The maximum Gasteiger partial charge on any atom is 0.339 e. The number of aromatic nitrogens is 2. The van der Waals surface area contributed by atoms with Gasteiger partial charge >= 0.3 is 5.97 Å². The van der Waals surface area contributed by atoms with Crippen molar-refractivity contribution in [2.45, 2.75) is 6.54 Å². The number of fused-ring (bicyclic) bond motifs is 3. The summed E-state index contributed by atoms with van der Waals surface area (Å²) in [6.45, 7) is 0.146. The van der Waals surface area contributed by atoms with E-state index in [-0.39, 0.29) is 29.4 Å². The predicted molar refractivity (Wildman–Crippen MR) is 158 cm³/mol. The lowest BCUT2D eigenvalue weighted by Gasteiger charge is -2.16. The Morgan fingerprint density at radius 3 is 2.42 bits per heavy atom. The van der Waals surface area contributed by atoms with Crippen LogP contribution in [-0.2, 0) is 6.54 Å². The molecule has 0 aliphatic carbocycles. The first-order valence-corrected chi connectivity index (χ1v) is 13.2. The molecule has 214 valence electrons. The van der Waals surface area contributed by atoms with Gasteiger partial charge in [0.25, 0.3) is 0 Å². The standard InChI is InChI=1S/C33H24F2N4O4/c1-42-27-9-5-8-26(35)29(27)31-24-14-18(21-6-3-4-7-25(21)34)10-12-22(24)30-19(16-36-31)17-37-33(39-30)38-20-11-13-23(32(40)41)28(15-20)43-2/h3-15,17H,16H2,1-2H3,(H,40,41)(H,37,38,39). The van der Waals surface area contributed by atoms with Gasteiger partial charge in [0.15, 0.2) is 0 Å². The molecule has 0 atom stereocenters. The number of anilines is 2. The number of halogens is 2.